The smallest absolute Gasteiger partial charge is 0.242 e. The van der Waals surface area contributed by atoms with Crippen LogP contribution in [0.25, 0.3) is 0 Å². The van der Waals surface area contributed by atoms with Crippen LogP contribution in [0.4, 0.5) is 0 Å². The summed E-state index contributed by atoms with van der Waals surface area (Å²) in [6.45, 7) is 1.13. The van der Waals surface area contributed by atoms with E-state index >= 15 is 0 Å². The topological polar surface area (TPSA) is 75.4 Å². The average Bonchev–Trinajstić information content (AvgIpc) is 3.03. The lowest BCUT2D eigenvalue weighted by molar-refractivity contribution is -0.131. The first-order chi connectivity index (χ1) is 12.1. The minimum Gasteiger partial charge on any atom is -0.347 e. The third-order valence-corrected chi connectivity index (χ3v) is 4.59. The van der Waals surface area contributed by atoms with E-state index in [1.807, 2.05) is 60.7 Å². The molecule has 2 atom stereocenters. The van der Waals surface area contributed by atoms with E-state index in [9.17, 15) is 9.59 Å². The van der Waals surface area contributed by atoms with Gasteiger partial charge in [0, 0.05) is 25.0 Å². The molecular formula is C20H23N3O2. The summed E-state index contributed by atoms with van der Waals surface area (Å²) in [5, 5.41) is 2.71. The number of hydrogen-bond donors (Lipinski definition) is 2. The van der Waals surface area contributed by atoms with Crippen molar-refractivity contribution in [3.8, 4) is 0 Å². The third kappa shape index (κ3) is 4.45. The molecule has 2 amide bonds. The van der Waals surface area contributed by atoms with Crippen LogP contribution in [0.3, 0.4) is 0 Å². The molecule has 2 aromatic carbocycles. The third-order valence-electron chi connectivity index (χ3n) is 4.59. The second kappa shape index (κ2) is 7.94. The molecule has 0 radical (unpaired) electrons. The molecule has 1 heterocycles. The summed E-state index contributed by atoms with van der Waals surface area (Å²) < 4.78 is 0. The minimum absolute atomic E-state index is 0.0138. The van der Waals surface area contributed by atoms with Crippen molar-refractivity contribution in [3.05, 3.63) is 71.8 Å². The van der Waals surface area contributed by atoms with Gasteiger partial charge in [-0.05, 0) is 11.1 Å². The number of amides is 2. The lowest BCUT2D eigenvalue weighted by Crippen LogP contribution is -2.40. The van der Waals surface area contributed by atoms with Crippen LogP contribution in [0.5, 0.6) is 0 Å². The van der Waals surface area contributed by atoms with E-state index in [4.69, 9.17) is 5.73 Å². The Hall–Kier alpha value is -2.66. The molecule has 130 valence electrons. The summed E-state index contributed by atoms with van der Waals surface area (Å²) in [7, 11) is 0. The highest BCUT2D eigenvalue weighted by molar-refractivity contribution is 5.86. The summed E-state index contributed by atoms with van der Waals surface area (Å²) in [5.74, 6) is -0.0943. The fourth-order valence-electron chi connectivity index (χ4n) is 3.22. The van der Waals surface area contributed by atoms with E-state index < -0.39 is 0 Å². The number of carbonyl (C=O) groups excluding carboxylic acids is 2. The zero-order chi connectivity index (χ0) is 17.6. The Morgan fingerprint density at radius 1 is 1.00 bits per heavy atom. The van der Waals surface area contributed by atoms with Crippen molar-refractivity contribution in [2.24, 2.45) is 5.73 Å². The van der Waals surface area contributed by atoms with E-state index in [0.29, 0.717) is 13.1 Å². The summed E-state index contributed by atoms with van der Waals surface area (Å²) in [6.07, 6.45) is 0.278. The number of nitrogens with zero attached hydrogens (tertiary/aromatic N) is 1. The van der Waals surface area contributed by atoms with Gasteiger partial charge < -0.3 is 16.0 Å². The molecule has 3 N–H and O–H groups in total. The average molecular weight is 337 g/mol. The predicted octanol–water partition coefficient (Wildman–Crippen LogP) is 1.30. The Balaban J connectivity index is 1.50. The molecule has 0 saturated carbocycles. The van der Waals surface area contributed by atoms with Gasteiger partial charge in [-0.2, -0.15) is 0 Å². The van der Waals surface area contributed by atoms with Gasteiger partial charge in [-0.1, -0.05) is 60.7 Å². The summed E-state index contributed by atoms with van der Waals surface area (Å²) in [6, 6.07) is 19.4. The van der Waals surface area contributed by atoms with Gasteiger partial charge in [0.2, 0.25) is 11.8 Å². The molecule has 5 nitrogen and oxygen atoms in total. The molecule has 1 aliphatic heterocycles. The molecule has 0 spiro atoms. The number of rotatable bonds is 5. The Kier molecular flexibility index (Phi) is 5.46. The maximum absolute atomic E-state index is 12.4. The maximum atomic E-state index is 12.4. The van der Waals surface area contributed by atoms with Crippen LogP contribution in [-0.2, 0) is 16.0 Å². The molecule has 2 aromatic rings. The van der Waals surface area contributed by atoms with E-state index in [1.54, 1.807) is 4.90 Å². The Morgan fingerprint density at radius 2 is 1.64 bits per heavy atom. The zero-order valence-corrected chi connectivity index (χ0v) is 14.1. The second-order valence-corrected chi connectivity index (χ2v) is 6.42. The minimum atomic E-state index is -0.150. The van der Waals surface area contributed by atoms with E-state index in [1.165, 1.54) is 0 Å². The van der Waals surface area contributed by atoms with Crippen molar-refractivity contribution in [1.29, 1.82) is 0 Å². The lowest BCUT2D eigenvalue weighted by Gasteiger charge is -2.17. The molecule has 1 fully saturated rings. The highest BCUT2D eigenvalue weighted by atomic mass is 16.2. The maximum Gasteiger partial charge on any atom is 0.242 e. The van der Waals surface area contributed by atoms with Crippen molar-refractivity contribution in [1.82, 2.24) is 10.2 Å². The number of nitrogens with two attached hydrogens (primary N) is 1. The first-order valence-corrected chi connectivity index (χ1v) is 8.52. The molecule has 3 rings (SSSR count). The normalized spacial score (nSPS) is 19.6. The van der Waals surface area contributed by atoms with E-state index in [0.717, 1.165) is 11.1 Å². The molecule has 0 bridgehead atoms. The van der Waals surface area contributed by atoms with Crippen molar-refractivity contribution < 1.29 is 9.59 Å². The van der Waals surface area contributed by atoms with Crippen LogP contribution in [0.1, 0.15) is 17.0 Å². The molecule has 1 aliphatic rings. The Labute approximate surface area is 147 Å². The number of carbonyl (C=O) groups is 2. The van der Waals surface area contributed by atoms with E-state index in [-0.39, 0.29) is 36.7 Å². The second-order valence-electron chi connectivity index (χ2n) is 6.42. The molecule has 0 aromatic heterocycles. The van der Waals surface area contributed by atoms with Crippen LogP contribution < -0.4 is 11.1 Å². The monoisotopic (exact) mass is 337 g/mol. The lowest BCUT2D eigenvalue weighted by atomic mass is 9.95. The van der Waals surface area contributed by atoms with Gasteiger partial charge >= 0.3 is 0 Å². The number of hydrogen-bond acceptors (Lipinski definition) is 3. The highest BCUT2D eigenvalue weighted by Gasteiger charge is 2.33. The van der Waals surface area contributed by atoms with E-state index in [2.05, 4.69) is 5.32 Å². The van der Waals surface area contributed by atoms with Crippen molar-refractivity contribution in [2.45, 2.75) is 18.4 Å². The molecule has 25 heavy (non-hydrogen) atoms. The quantitative estimate of drug-likeness (QED) is 0.863. The van der Waals surface area contributed by atoms with Gasteiger partial charge in [0.05, 0.1) is 13.0 Å². The van der Waals surface area contributed by atoms with Crippen LogP contribution in [0, 0.1) is 0 Å². The Bertz CT molecular complexity index is 718. The first-order valence-electron chi connectivity index (χ1n) is 8.52. The van der Waals surface area contributed by atoms with Gasteiger partial charge in [0.25, 0.3) is 0 Å². The van der Waals surface area contributed by atoms with Gasteiger partial charge in [0.15, 0.2) is 0 Å². The van der Waals surface area contributed by atoms with Crippen molar-refractivity contribution in [3.63, 3.8) is 0 Å². The zero-order valence-electron chi connectivity index (χ0n) is 14.1. The number of benzene rings is 2. The largest absolute Gasteiger partial charge is 0.347 e. The van der Waals surface area contributed by atoms with Gasteiger partial charge in [-0.3, -0.25) is 9.59 Å². The predicted molar refractivity (Wildman–Crippen MR) is 96.9 cm³/mol. The fraction of sp³-hybridized carbons (Fsp3) is 0.300. The molecule has 0 unspecified atom stereocenters. The number of likely N-dealkylation sites (tertiary alicyclic amines) is 1. The standard InChI is InChI=1S/C20H23N3O2/c21-18-14-23(13-17(18)16-9-5-2-6-10-16)20(25)12-22-19(24)11-15-7-3-1-4-8-15/h1-10,17-18H,11-14,21H2,(H,22,24)/t17-,18+/m0/s1. The van der Waals surface area contributed by atoms with Crippen LogP contribution >= 0.6 is 0 Å². The van der Waals surface area contributed by atoms with Gasteiger partial charge in [-0.25, -0.2) is 0 Å². The van der Waals surface area contributed by atoms with Gasteiger partial charge in [0.1, 0.15) is 0 Å². The summed E-state index contributed by atoms with van der Waals surface area (Å²) in [5.41, 5.74) is 8.30. The van der Waals surface area contributed by atoms with Crippen LogP contribution in [0.15, 0.2) is 60.7 Å². The van der Waals surface area contributed by atoms with Crippen molar-refractivity contribution >= 4 is 11.8 Å². The first kappa shape index (κ1) is 17.2. The Morgan fingerprint density at radius 3 is 2.32 bits per heavy atom. The molecule has 1 saturated heterocycles. The highest BCUT2D eigenvalue weighted by Crippen LogP contribution is 2.26. The molecule has 0 aliphatic carbocycles. The van der Waals surface area contributed by atoms with Gasteiger partial charge in [-0.15, -0.1) is 0 Å². The molecular weight excluding hydrogens is 314 g/mol. The fourth-order valence-corrected chi connectivity index (χ4v) is 3.22. The summed E-state index contributed by atoms with van der Waals surface area (Å²) >= 11 is 0. The summed E-state index contributed by atoms with van der Waals surface area (Å²) in [4.78, 5) is 26.1. The van der Waals surface area contributed by atoms with Crippen LogP contribution in [-0.4, -0.2) is 42.4 Å². The molecule has 5 heteroatoms. The van der Waals surface area contributed by atoms with Crippen LogP contribution in [0.2, 0.25) is 0 Å². The SMILES string of the molecule is N[C@@H]1CN(C(=O)CNC(=O)Cc2ccccc2)C[C@H]1c1ccccc1. The van der Waals surface area contributed by atoms with Crippen molar-refractivity contribution in [2.75, 3.05) is 19.6 Å². The number of nitrogens with one attached hydrogen (secondary N) is 1.